The number of nitro groups is 1. The smallest absolute Gasteiger partial charge is 0.273 e. The van der Waals surface area contributed by atoms with Crippen LogP contribution in [0.1, 0.15) is 21.6 Å². The molecule has 1 heterocycles. The first kappa shape index (κ1) is 17.9. The third-order valence-electron chi connectivity index (χ3n) is 3.40. The molecule has 25 heavy (non-hydrogen) atoms. The van der Waals surface area contributed by atoms with Gasteiger partial charge < -0.3 is 10.1 Å². The number of hydrogen-bond donors (Lipinski definition) is 1. The van der Waals surface area contributed by atoms with Gasteiger partial charge >= 0.3 is 0 Å². The molecule has 128 valence electrons. The van der Waals surface area contributed by atoms with Crippen LogP contribution in [0.15, 0.2) is 36.5 Å². The molecular weight excluding hydrogens is 322 g/mol. The quantitative estimate of drug-likeness (QED) is 0.513. The van der Waals surface area contributed by atoms with Crippen LogP contribution < -0.4 is 10.1 Å². The summed E-state index contributed by atoms with van der Waals surface area (Å²) in [7, 11) is 0. The first-order valence-corrected chi connectivity index (χ1v) is 7.52. The van der Waals surface area contributed by atoms with E-state index in [2.05, 4.69) is 22.1 Å². The molecule has 0 fully saturated rings. The van der Waals surface area contributed by atoms with Crippen molar-refractivity contribution in [1.29, 1.82) is 0 Å². The molecule has 0 atom stereocenters. The van der Waals surface area contributed by atoms with Crippen molar-refractivity contribution >= 4 is 11.6 Å². The minimum Gasteiger partial charge on any atom is -0.479 e. The maximum Gasteiger partial charge on any atom is 0.273 e. The number of aryl methyl sites for hydroxylation is 1. The third-order valence-corrected chi connectivity index (χ3v) is 3.40. The number of ether oxygens (including phenoxy) is 1. The van der Waals surface area contributed by atoms with E-state index in [4.69, 9.17) is 4.74 Å². The zero-order valence-electron chi connectivity index (χ0n) is 13.9. The fourth-order valence-electron chi connectivity index (χ4n) is 2.06. The SMILES string of the molecule is Cc1ccc(OCC#CCNC(=O)c2cccc([N+](=O)[O-])c2C)cn1. The molecule has 0 spiro atoms. The molecule has 0 unspecified atom stereocenters. The molecule has 1 N–H and O–H groups in total. The number of aromatic nitrogens is 1. The number of amides is 1. The molecule has 0 saturated heterocycles. The zero-order chi connectivity index (χ0) is 18.2. The standard InChI is InChI=1S/C18H17N3O4/c1-13-8-9-15(12-20-13)25-11-4-3-10-19-18(22)16-6-5-7-17(14(16)2)21(23)24/h5-9,12H,10-11H2,1-2H3,(H,19,22). The van der Waals surface area contributed by atoms with E-state index in [1.165, 1.54) is 12.1 Å². The van der Waals surface area contributed by atoms with Crippen LogP contribution in [0.4, 0.5) is 5.69 Å². The van der Waals surface area contributed by atoms with Gasteiger partial charge in [-0.25, -0.2) is 0 Å². The molecule has 0 bridgehead atoms. The molecule has 0 aliphatic carbocycles. The summed E-state index contributed by atoms with van der Waals surface area (Å²) >= 11 is 0. The van der Waals surface area contributed by atoms with E-state index in [-0.39, 0.29) is 24.4 Å². The molecule has 1 amide bonds. The molecule has 0 saturated carbocycles. The van der Waals surface area contributed by atoms with Gasteiger partial charge in [0.25, 0.3) is 11.6 Å². The predicted molar refractivity (Wildman–Crippen MR) is 92.4 cm³/mol. The van der Waals surface area contributed by atoms with E-state index >= 15 is 0 Å². The monoisotopic (exact) mass is 339 g/mol. The van der Waals surface area contributed by atoms with Crippen molar-refractivity contribution in [2.45, 2.75) is 13.8 Å². The number of pyridine rings is 1. The molecule has 2 rings (SSSR count). The number of nitro benzene ring substituents is 1. The zero-order valence-corrected chi connectivity index (χ0v) is 13.9. The number of hydrogen-bond acceptors (Lipinski definition) is 5. The summed E-state index contributed by atoms with van der Waals surface area (Å²) in [4.78, 5) is 26.6. The number of nitrogens with zero attached hydrogens (tertiary/aromatic N) is 2. The Balaban J connectivity index is 1.84. The fourth-order valence-corrected chi connectivity index (χ4v) is 2.06. The minimum atomic E-state index is -0.511. The van der Waals surface area contributed by atoms with Gasteiger partial charge in [0.1, 0.15) is 12.4 Å². The van der Waals surface area contributed by atoms with E-state index in [1.54, 1.807) is 25.3 Å². The second kappa shape index (κ2) is 8.45. The summed E-state index contributed by atoms with van der Waals surface area (Å²) in [6.07, 6.45) is 1.61. The van der Waals surface area contributed by atoms with Crippen LogP contribution in [0.3, 0.4) is 0 Å². The summed E-state index contributed by atoms with van der Waals surface area (Å²) in [6, 6.07) is 8.03. The maximum atomic E-state index is 12.1. The van der Waals surface area contributed by atoms with Crippen LogP contribution >= 0.6 is 0 Å². The Morgan fingerprint density at radius 3 is 2.76 bits per heavy atom. The summed E-state index contributed by atoms with van der Waals surface area (Å²) in [5.74, 6) is 5.76. The minimum absolute atomic E-state index is 0.0844. The van der Waals surface area contributed by atoms with Crippen LogP contribution in [0.5, 0.6) is 5.75 Å². The number of rotatable bonds is 5. The van der Waals surface area contributed by atoms with Crippen molar-refractivity contribution in [3.05, 3.63) is 63.5 Å². The first-order chi connectivity index (χ1) is 12.0. The lowest BCUT2D eigenvalue weighted by molar-refractivity contribution is -0.385. The highest BCUT2D eigenvalue weighted by Gasteiger charge is 2.17. The van der Waals surface area contributed by atoms with Crippen LogP contribution in [-0.4, -0.2) is 29.0 Å². The van der Waals surface area contributed by atoms with Crippen molar-refractivity contribution < 1.29 is 14.5 Å². The fraction of sp³-hybridized carbons (Fsp3) is 0.222. The van der Waals surface area contributed by atoms with Gasteiger partial charge in [-0.15, -0.1) is 0 Å². The van der Waals surface area contributed by atoms with Crippen LogP contribution in [0.2, 0.25) is 0 Å². The molecule has 2 aromatic rings. The van der Waals surface area contributed by atoms with Crippen molar-refractivity contribution in [2.24, 2.45) is 0 Å². The first-order valence-electron chi connectivity index (χ1n) is 7.52. The average Bonchev–Trinajstić information content (AvgIpc) is 2.59. The van der Waals surface area contributed by atoms with Gasteiger partial charge in [0.15, 0.2) is 0 Å². The lowest BCUT2D eigenvalue weighted by Crippen LogP contribution is -2.24. The summed E-state index contributed by atoms with van der Waals surface area (Å²) < 4.78 is 5.39. The van der Waals surface area contributed by atoms with Gasteiger partial charge in [0.2, 0.25) is 0 Å². The van der Waals surface area contributed by atoms with E-state index in [0.29, 0.717) is 11.3 Å². The Morgan fingerprint density at radius 2 is 2.08 bits per heavy atom. The summed E-state index contributed by atoms with van der Waals surface area (Å²) in [6.45, 7) is 3.73. The van der Waals surface area contributed by atoms with Crippen LogP contribution in [0.25, 0.3) is 0 Å². The second-order valence-corrected chi connectivity index (χ2v) is 5.17. The highest BCUT2D eigenvalue weighted by atomic mass is 16.6. The topological polar surface area (TPSA) is 94.4 Å². The Kier molecular flexibility index (Phi) is 6.07. The van der Waals surface area contributed by atoms with Crippen molar-refractivity contribution in [2.75, 3.05) is 13.2 Å². The lowest BCUT2D eigenvalue weighted by atomic mass is 10.1. The van der Waals surface area contributed by atoms with Gasteiger partial charge in [0, 0.05) is 22.9 Å². The predicted octanol–water partition coefficient (Wildman–Crippen LogP) is 2.42. The van der Waals surface area contributed by atoms with E-state index in [0.717, 1.165) is 5.69 Å². The number of nitrogens with one attached hydrogen (secondary N) is 1. The van der Waals surface area contributed by atoms with Crippen LogP contribution in [0, 0.1) is 35.8 Å². The Bertz CT molecular complexity index is 836. The highest BCUT2D eigenvalue weighted by Crippen LogP contribution is 2.20. The molecule has 1 aromatic carbocycles. The Labute approximate surface area is 145 Å². The maximum absolute atomic E-state index is 12.1. The molecule has 0 aliphatic heterocycles. The van der Waals surface area contributed by atoms with Gasteiger partial charge in [-0.3, -0.25) is 19.9 Å². The van der Waals surface area contributed by atoms with Crippen molar-refractivity contribution in [1.82, 2.24) is 10.3 Å². The number of carbonyl (C=O) groups is 1. The highest BCUT2D eigenvalue weighted by molar-refractivity contribution is 5.96. The summed E-state index contributed by atoms with van der Waals surface area (Å²) in [5, 5.41) is 13.5. The molecule has 1 aromatic heterocycles. The van der Waals surface area contributed by atoms with E-state index in [1.807, 2.05) is 13.0 Å². The largest absolute Gasteiger partial charge is 0.479 e. The Hall–Kier alpha value is -3.40. The molecule has 0 aliphatic rings. The van der Waals surface area contributed by atoms with Gasteiger partial charge in [0.05, 0.1) is 17.7 Å². The molecule has 7 heteroatoms. The van der Waals surface area contributed by atoms with Crippen molar-refractivity contribution in [3.63, 3.8) is 0 Å². The van der Waals surface area contributed by atoms with Gasteiger partial charge in [-0.05, 0) is 32.0 Å². The van der Waals surface area contributed by atoms with Crippen LogP contribution in [-0.2, 0) is 0 Å². The molecule has 7 nitrogen and oxygen atoms in total. The third kappa shape index (κ3) is 5.04. The lowest BCUT2D eigenvalue weighted by Gasteiger charge is -2.05. The van der Waals surface area contributed by atoms with Crippen molar-refractivity contribution in [3.8, 4) is 17.6 Å². The number of carbonyl (C=O) groups excluding carboxylic acids is 1. The molecule has 0 radical (unpaired) electrons. The molecular formula is C18H17N3O4. The normalized spacial score (nSPS) is 9.68. The number of benzene rings is 1. The average molecular weight is 339 g/mol. The Morgan fingerprint density at radius 1 is 1.28 bits per heavy atom. The summed E-state index contributed by atoms with van der Waals surface area (Å²) in [5.41, 5.74) is 1.41. The van der Waals surface area contributed by atoms with E-state index < -0.39 is 10.8 Å². The van der Waals surface area contributed by atoms with E-state index in [9.17, 15) is 14.9 Å². The second-order valence-electron chi connectivity index (χ2n) is 5.17. The van der Waals surface area contributed by atoms with Gasteiger partial charge in [-0.1, -0.05) is 17.9 Å². The van der Waals surface area contributed by atoms with Gasteiger partial charge in [-0.2, -0.15) is 0 Å².